The minimum absolute atomic E-state index is 0.0154. The normalized spacial score (nSPS) is 28.2. The van der Waals surface area contributed by atoms with Crippen LogP contribution in [0.15, 0.2) is 23.5 Å². The van der Waals surface area contributed by atoms with Gasteiger partial charge in [-0.3, -0.25) is 4.79 Å². The number of carbonyl (C=O) groups excluding carboxylic acids is 1. The van der Waals surface area contributed by atoms with Crippen LogP contribution in [0.2, 0.25) is 0 Å². The van der Waals surface area contributed by atoms with Crippen LogP contribution >= 0.6 is 11.3 Å². The Morgan fingerprint density at radius 3 is 3.36 bits per heavy atom. The zero-order chi connectivity index (χ0) is 15.4. The van der Waals surface area contributed by atoms with Gasteiger partial charge in [-0.1, -0.05) is 12.5 Å². The summed E-state index contributed by atoms with van der Waals surface area (Å²) in [6.45, 7) is 6.79. The van der Waals surface area contributed by atoms with Crippen molar-refractivity contribution in [3.63, 3.8) is 0 Å². The molecule has 22 heavy (non-hydrogen) atoms. The van der Waals surface area contributed by atoms with Gasteiger partial charge in [0.2, 0.25) is 0 Å². The van der Waals surface area contributed by atoms with Crippen LogP contribution in [-0.2, 0) is 9.47 Å². The minimum atomic E-state index is -0.245. The van der Waals surface area contributed by atoms with Gasteiger partial charge in [0, 0.05) is 17.8 Å². The van der Waals surface area contributed by atoms with Gasteiger partial charge in [0.05, 0.1) is 37.5 Å². The molecule has 3 rings (SSSR count). The molecule has 1 saturated carbocycles. The Balaban J connectivity index is 1.68. The van der Waals surface area contributed by atoms with E-state index in [2.05, 4.69) is 11.6 Å². The van der Waals surface area contributed by atoms with Crippen LogP contribution in [0.5, 0.6) is 0 Å². The van der Waals surface area contributed by atoms with E-state index in [1.807, 2.05) is 10.3 Å². The molecule has 2 fully saturated rings. The van der Waals surface area contributed by atoms with Gasteiger partial charge in [0.1, 0.15) is 5.69 Å². The molecule has 1 aliphatic carbocycles. The van der Waals surface area contributed by atoms with Crippen molar-refractivity contribution in [2.24, 2.45) is 5.92 Å². The van der Waals surface area contributed by atoms with E-state index >= 15 is 0 Å². The van der Waals surface area contributed by atoms with Crippen LogP contribution in [-0.4, -0.2) is 54.3 Å². The summed E-state index contributed by atoms with van der Waals surface area (Å²) >= 11 is 1.45. The Kier molecular flexibility index (Phi) is 4.90. The number of morpholine rings is 1. The van der Waals surface area contributed by atoms with E-state index in [1.165, 1.54) is 11.3 Å². The quantitative estimate of drug-likeness (QED) is 0.617. The molecule has 6 heteroatoms. The average Bonchev–Trinajstić information content (AvgIpc) is 3.18. The van der Waals surface area contributed by atoms with Crippen LogP contribution in [0.4, 0.5) is 0 Å². The number of ether oxygens (including phenoxy) is 2. The van der Waals surface area contributed by atoms with Gasteiger partial charge in [-0.2, -0.15) is 0 Å². The molecule has 1 amide bonds. The van der Waals surface area contributed by atoms with Crippen molar-refractivity contribution in [2.45, 2.75) is 24.9 Å². The van der Waals surface area contributed by atoms with E-state index in [0.717, 1.165) is 19.3 Å². The lowest BCUT2D eigenvalue weighted by molar-refractivity contribution is -0.132. The van der Waals surface area contributed by atoms with Crippen LogP contribution in [0.1, 0.15) is 29.8 Å². The second-order valence-corrected chi connectivity index (χ2v) is 6.65. The van der Waals surface area contributed by atoms with E-state index < -0.39 is 0 Å². The van der Waals surface area contributed by atoms with Crippen molar-refractivity contribution in [3.05, 3.63) is 29.2 Å². The predicted octanol–water partition coefficient (Wildman–Crippen LogP) is 2.36. The third-order valence-electron chi connectivity index (χ3n) is 4.60. The van der Waals surface area contributed by atoms with Crippen molar-refractivity contribution >= 4 is 17.2 Å². The SMILES string of the molecule is C=CCOC[C@@H]1CCC[C@]12CN(C(=O)c1cscn1)CCO2. The van der Waals surface area contributed by atoms with Gasteiger partial charge >= 0.3 is 0 Å². The Hall–Kier alpha value is -1.24. The number of hydrogen-bond acceptors (Lipinski definition) is 5. The Labute approximate surface area is 134 Å². The molecule has 0 N–H and O–H groups in total. The molecule has 1 aliphatic heterocycles. The van der Waals surface area contributed by atoms with Crippen LogP contribution in [0, 0.1) is 5.92 Å². The molecule has 2 heterocycles. The summed E-state index contributed by atoms with van der Waals surface area (Å²) in [7, 11) is 0. The first kappa shape index (κ1) is 15.6. The zero-order valence-corrected chi connectivity index (χ0v) is 13.5. The maximum atomic E-state index is 12.5. The van der Waals surface area contributed by atoms with Gasteiger partial charge in [-0.25, -0.2) is 4.98 Å². The number of amides is 1. The fourth-order valence-corrected chi connectivity index (χ4v) is 4.03. The van der Waals surface area contributed by atoms with E-state index in [-0.39, 0.29) is 11.5 Å². The fraction of sp³-hybridized carbons (Fsp3) is 0.625. The smallest absolute Gasteiger partial charge is 0.273 e. The van der Waals surface area contributed by atoms with Crippen molar-refractivity contribution in [3.8, 4) is 0 Å². The molecule has 1 aromatic rings. The van der Waals surface area contributed by atoms with Crippen LogP contribution < -0.4 is 0 Å². The summed E-state index contributed by atoms with van der Waals surface area (Å²) in [4.78, 5) is 18.6. The first-order valence-electron chi connectivity index (χ1n) is 7.75. The van der Waals surface area contributed by atoms with Gasteiger partial charge in [-0.15, -0.1) is 17.9 Å². The fourth-order valence-electron chi connectivity index (χ4n) is 3.50. The second kappa shape index (κ2) is 6.89. The largest absolute Gasteiger partial charge is 0.377 e. The maximum Gasteiger partial charge on any atom is 0.273 e. The highest BCUT2D eigenvalue weighted by Crippen LogP contribution is 2.41. The number of thiazole rings is 1. The average molecular weight is 322 g/mol. The summed E-state index contributed by atoms with van der Waals surface area (Å²) in [5.41, 5.74) is 2.00. The number of aromatic nitrogens is 1. The molecule has 1 aromatic heterocycles. The molecule has 0 unspecified atom stereocenters. The Morgan fingerprint density at radius 2 is 2.59 bits per heavy atom. The maximum absolute atomic E-state index is 12.5. The molecule has 0 aromatic carbocycles. The summed E-state index contributed by atoms with van der Waals surface area (Å²) in [5.74, 6) is 0.361. The molecular formula is C16H22N2O3S. The summed E-state index contributed by atoms with van der Waals surface area (Å²) in [6, 6.07) is 0. The zero-order valence-electron chi connectivity index (χ0n) is 12.7. The number of hydrogen-bond donors (Lipinski definition) is 0. The molecule has 1 spiro atoms. The standard InChI is InChI=1S/C16H22N2O3S/c1-2-7-20-9-13-4-3-5-16(13)11-18(6-8-21-16)15(19)14-10-22-12-17-14/h2,10,12-13H,1,3-9,11H2/t13-,16-/m0/s1. The summed E-state index contributed by atoms with van der Waals surface area (Å²) in [5, 5.41) is 1.81. The third kappa shape index (κ3) is 3.09. The Bertz CT molecular complexity index is 519. The van der Waals surface area contributed by atoms with E-state index in [1.54, 1.807) is 11.6 Å². The van der Waals surface area contributed by atoms with Crippen LogP contribution in [0.25, 0.3) is 0 Å². The van der Waals surface area contributed by atoms with Gasteiger partial charge < -0.3 is 14.4 Å². The number of nitrogens with zero attached hydrogens (tertiary/aromatic N) is 2. The topological polar surface area (TPSA) is 51.7 Å². The van der Waals surface area contributed by atoms with Crippen molar-refractivity contribution < 1.29 is 14.3 Å². The summed E-state index contributed by atoms with van der Waals surface area (Å²) in [6.07, 6.45) is 4.98. The minimum Gasteiger partial charge on any atom is -0.377 e. The second-order valence-electron chi connectivity index (χ2n) is 5.93. The van der Waals surface area contributed by atoms with E-state index in [4.69, 9.17) is 9.47 Å². The highest BCUT2D eigenvalue weighted by atomic mass is 32.1. The van der Waals surface area contributed by atoms with Crippen LogP contribution in [0.3, 0.4) is 0 Å². The van der Waals surface area contributed by atoms with Gasteiger partial charge in [0.15, 0.2) is 0 Å². The first-order valence-corrected chi connectivity index (χ1v) is 8.69. The highest BCUT2D eigenvalue weighted by Gasteiger charge is 2.48. The van der Waals surface area contributed by atoms with Gasteiger partial charge in [-0.05, 0) is 12.8 Å². The van der Waals surface area contributed by atoms with Crippen molar-refractivity contribution in [1.29, 1.82) is 0 Å². The molecule has 0 radical (unpaired) electrons. The molecule has 0 bridgehead atoms. The Morgan fingerprint density at radius 1 is 1.68 bits per heavy atom. The molecular weight excluding hydrogens is 300 g/mol. The molecule has 5 nitrogen and oxygen atoms in total. The van der Waals surface area contributed by atoms with E-state index in [9.17, 15) is 4.79 Å². The molecule has 1 saturated heterocycles. The lowest BCUT2D eigenvalue weighted by atomic mass is 9.89. The predicted molar refractivity (Wildman–Crippen MR) is 85.1 cm³/mol. The first-order chi connectivity index (χ1) is 10.7. The lowest BCUT2D eigenvalue weighted by Gasteiger charge is -2.43. The number of carbonyl (C=O) groups is 1. The third-order valence-corrected chi connectivity index (χ3v) is 5.19. The highest BCUT2D eigenvalue weighted by molar-refractivity contribution is 7.07. The molecule has 120 valence electrons. The van der Waals surface area contributed by atoms with Crippen molar-refractivity contribution in [2.75, 3.05) is 32.9 Å². The monoisotopic (exact) mass is 322 g/mol. The van der Waals surface area contributed by atoms with Gasteiger partial charge in [0.25, 0.3) is 5.91 Å². The number of rotatable bonds is 5. The van der Waals surface area contributed by atoms with Crippen molar-refractivity contribution in [1.82, 2.24) is 9.88 Å². The lowest BCUT2D eigenvalue weighted by Crippen LogP contribution is -2.56. The molecule has 2 atom stereocenters. The van der Waals surface area contributed by atoms with E-state index in [0.29, 0.717) is 44.5 Å². The molecule has 2 aliphatic rings. The summed E-state index contributed by atoms with van der Waals surface area (Å²) < 4.78 is 11.8.